The molecule has 4 aromatic rings. The number of piperidine rings is 1. The third kappa shape index (κ3) is 5.61. The van der Waals surface area contributed by atoms with Crippen LogP contribution in [0.25, 0.3) is 11.2 Å². The number of anilines is 1. The quantitative estimate of drug-likeness (QED) is 0.229. The standard InChI is InChI=1S/C35H40N6O2S/c1-34(2,3)44(42)39-32-27-14-8-7-13-26(27)23-35(32)18-20-40(21-19-35)29-24-36-31-28(17-16-25-11-5-4-6-12-25)38-41(33(31)37-29)30-15-9-10-22-43-30/h4-8,11-14,24,30,32,39H,9-10,15,18-23H2,1-3H3/t30-,32-,44?/m1/s1. The van der Waals surface area contributed by atoms with Crippen molar-refractivity contribution in [1.82, 2.24) is 24.5 Å². The molecule has 0 radical (unpaired) electrons. The Balaban J connectivity index is 1.17. The fourth-order valence-corrected chi connectivity index (χ4v) is 7.76. The molecule has 0 saturated carbocycles. The molecule has 2 fully saturated rings. The van der Waals surface area contributed by atoms with Crippen LogP contribution >= 0.6 is 0 Å². The van der Waals surface area contributed by atoms with Crippen LogP contribution in [0.3, 0.4) is 0 Å². The van der Waals surface area contributed by atoms with E-state index in [9.17, 15) is 4.55 Å². The second-order valence-corrected chi connectivity index (χ2v) is 15.3. The van der Waals surface area contributed by atoms with E-state index in [1.807, 2.05) is 62.0 Å². The molecule has 3 atom stereocenters. The minimum absolute atomic E-state index is 0.0105. The summed E-state index contributed by atoms with van der Waals surface area (Å²) in [6, 6.07) is 18.7. The number of nitrogens with one attached hydrogen (secondary N) is 1. The number of hydrogen-bond acceptors (Lipinski definition) is 7. The zero-order chi connectivity index (χ0) is 30.3. The lowest BCUT2D eigenvalue weighted by atomic mass is 9.73. The number of fused-ring (bicyclic) bond motifs is 2. The van der Waals surface area contributed by atoms with E-state index in [4.69, 9.17) is 19.8 Å². The molecule has 1 N–H and O–H groups in total. The van der Waals surface area contributed by atoms with Gasteiger partial charge in [-0.05, 0) is 88.5 Å². The van der Waals surface area contributed by atoms with Gasteiger partial charge in [-0.15, -0.1) is 4.72 Å². The van der Waals surface area contributed by atoms with Gasteiger partial charge in [0.15, 0.2) is 17.6 Å². The maximum Gasteiger partial charge on any atom is 0.182 e. The van der Waals surface area contributed by atoms with Gasteiger partial charge in [-0.2, -0.15) is 5.10 Å². The Kier molecular flexibility index (Phi) is 7.87. The van der Waals surface area contributed by atoms with E-state index in [1.165, 1.54) is 11.1 Å². The smallest absolute Gasteiger partial charge is 0.182 e. The SMILES string of the molecule is CC(C)(C)[S+]([O-])N[C@@H]1c2ccccc2CC12CCN(c1cnc3c(C#Cc4ccccc4)nn([C@H]4CCCCO4)c3n1)CC2. The summed E-state index contributed by atoms with van der Waals surface area (Å²) >= 11 is -1.16. The van der Waals surface area contributed by atoms with Gasteiger partial charge in [0.05, 0.1) is 12.2 Å². The molecule has 7 rings (SSSR count). The van der Waals surface area contributed by atoms with Crippen molar-refractivity contribution in [2.24, 2.45) is 5.41 Å². The van der Waals surface area contributed by atoms with Crippen LogP contribution in [0, 0.1) is 17.3 Å². The van der Waals surface area contributed by atoms with Gasteiger partial charge in [-0.25, -0.2) is 14.6 Å². The Morgan fingerprint density at radius 2 is 1.80 bits per heavy atom. The average molecular weight is 609 g/mol. The lowest BCUT2D eigenvalue weighted by Crippen LogP contribution is -2.49. The lowest BCUT2D eigenvalue weighted by Gasteiger charge is -2.44. The van der Waals surface area contributed by atoms with Gasteiger partial charge in [0.1, 0.15) is 16.1 Å². The molecule has 1 unspecified atom stereocenters. The first-order valence-electron chi connectivity index (χ1n) is 15.8. The molecule has 0 amide bonds. The third-order valence-corrected chi connectivity index (χ3v) is 10.9. The second-order valence-electron chi connectivity index (χ2n) is 13.3. The summed E-state index contributed by atoms with van der Waals surface area (Å²) in [5.74, 6) is 7.34. The molecule has 2 aliphatic heterocycles. The number of rotatable bonds is 4. The summed E-state index contributed by atoms with van der Waals surface area (Å²) in [5.41, 5.74) is 5.66. The van der Waals surface area contributed by atoms with E-state index < -0.39 is 11.4 Å². The number of aromatic nitrogens is 4. The van der Waals surface area contributed by atoms with Crippen molar-refractivity contribution in [3.8, 4) is 11.8 Å². The Hall–Kier alpha value is -3.42. The summed E-state index contributed by atoms with van der Waals surface area (Å²) in [5, 5.41) is 4.89. The topological polar surface area (TPSA) is 91.2 Å². The largest absolute Gasteiger partial charge is 0.598 e. The van der Waals surface area contributed by atoms with Gasteiger partial charge in [0.2, 0.25) is 0 Å². The minimum Gasteiger partial charge on any atom is -0.598 e. The average Bonchev–Trinajstić information content (AvgIpc) is 3.55. The monoisotopic (exact) mass is 608 g/mol. The Morgan fingerprint density at radius 3 is 2.55 bits per heavy atom. The molecule has 3 aliphatic rings. The fourth-order valence-electron chi connectivity index (χ4n) is 6.81. The highest BCUT2D eigenvalue weighted by molar-refractivity contribution is 7.90. The first kappa shape index (κ1) is 29.3. The van der Waals surface area contributed by atoms with Crippen molar-refractivity contribution in [2.75, 3.05) is 24.6 Å². The van der Waals surface area contributed by atoms with E-state index >= 15 is 0 Å². The predicted octanol–water partition coefficient (Wildman–Crippen LogP) is 5.86. The van der Waals surface area contributed by atoms with Gasteiger partial charge in [-0.3, -0.25) is 0 Å². The van der Waals surface area contributed by atoms with Crippen molar-refractivity contribution < 1.29 is 9.29 Å². The molecule has 2 aromatic heterocycles. The molecular formula is C35H40N6O2S. The van der Waals surface area contributed by atoms with Crippen molar-refractivity contribution in [1.29, 1.82) is 0 Å². The molecular weight excluding hydrogens is 568 g/mol. The summed E-state index contributed by atoms with van der Waals surface area (Å²) < 4.78 is 24.6. The molecule has 228 valence electrons. The van der Waals surface area contributed by atoms with Crippen molar-refractivity contribution in [3.63, 3.8) is 0 Å². The molecule has 9 heteroatoms. The Labute approximate surface area is 262 Å². The summed E-state index contributed by atoms with van der Waals surface area (Å²) in [6.07, 6.45) is 7.69. The predicted molar refractivity (Wildman–Crippen MR) is 174 cm³/mol. The summed E-state index contributed by atoms with van der Waals surface area (Å²) in [7, 11) is 0. The van der Waals surface area contributed by atoms with E-state index in [2.05, 4.69) is 45.7 Å². The highest BCUT2D eigenvalue weighted by Crippen LogP contribution is 2.52. The number of nitrogens with zero attached hydrogens (tertiary/aromatic N) is 5. The first-order valence-corrected chi connectivity index (χ1v) is 16.9. The molecule has 8 nitrogen and oxygen atoms in total. The highest BCUT2D eigenvalue weighted by Gasteiger charge is 2.50. The van der Waals surface area contributed by atoms with E-state index in [0.29, 0.717) is 11.2 Å². The van der Waals surface area contributed by atoms with Crippen LogP contribution in [0.2, 0.25) is 0 Å². The highest BCUT2D eigenvalue weighted by atomic mass is 32.2. The van der Waals surface area contributed by atoms with Gasteiger partial charge in [0.25, 0.3) is 0 Å². The Bertz CT molecular complexity index is 1690. The molecule has 1 spiro atoms. The van der Waals surface area contributed by atoms with Crippen LogP contribution in [-0.2, 0) is 22.5 Å². The Morgan fingerprint density at radius 1 is 1.02 bits per heavy atom. The van der Waals surface area contributed by atoms with E-state index in [1.54, 1.807) is 0 Å². The molecule has 0 bridgehead atoms. The van der Waals surface area contributed by atoms with E-state index in [0.717, 1.165) is 75.2 Å². The number of hydrogen-bond donors (Lipinski definition) is 1. The normalized spacial score (nSPS) is 22.0. The fraction of sp³-hybridized carbons (Fsp3) is 0.457. The first-order chi connectivity index (χ1) is 21.3. The van der Waals surface area contributed by atoms with E-state index in [-0.39, 0.29) is 22.4 Å². The van der Waals surface area contributed by atoms with Crippen LogP contribution in [0.1, 0.15) is 87.5 Å². The summed E-state index contributed by atoms with van der Waals surface area (Å²) in [4.78, 5) is 12.4. The minimum atomic E-state index is -1.16. The van der Waals surface area contributed by atoms with Crippen LogP contribution in [0.15, 0.2) is 60.8 Å². The molecule has 1 aliphatic carbocycles. The summed E-state index contributed by atoms with van der Waals surface area (Å²) in [6.45, 7) is 8.51. The van der Waals surface area contributed by atoms with Crippen molar-refractivity contribution in [3.05, 3.63) is 83.2 Å². The second kappa shape index (κ2) is 11.8. The lowest BCUT2D eigenvalue weighted by molar-refractivity contribution is -0.0370. The van der Waals surface area contributed by atoms with Crippen LogP contribution < -0.4 is 9.62 Å². The molecule has 4 heterocycles. The molecule has 2 saturated heterocycles. The maximum atomic E-state index is 13.3. The van der Waals surface area contributed by atoms with Crippen LogP contribution in [0.4, 0.5) is 5.82 Å². The van der Waals surface area contributed by atoms with Crippen molar-refractivity contribution >= 4 is 28.3 Å². The number of ether oxygens (including phenoxy) is 1. The van der Waals surface area contributed by atoms with Gasteiger partial charge in [0, 0.05) is 42.0 Å². The molecule has 44 heavy (non-hydrogen) atoms. The van der Waals surface area contributed by atoms with Gasteiger partial charge >= 0.3 is 0 Å². The van der Waals surface area contributed by atoms with Gasteiger partial charge < -0.3 is 14.2 Å². The number of benzene rings is 2. The maximum absolute atomic E-state index is 13.3. The van der Waals surface area contributed by atoms with Crippen molar-refractivity contribution in [2.45, 2.75) is 76.3 Å². The third-order valence-electron chi connectivity index (χ3n) is 9.30. The zero-order valence-electron chi connectivity index (χ0n) is 25.8. The van der Waals surface area contributed by atoms with Crippen LogP contribution in [-0.4, -0.2) is 48.7 Å². The zero-order valence-corrected chi connectivity index (χ0v) is 26.6. The van der Waals surface area contributed by atoms with Crippen LogP contribution in [0.5, 0.6) is 0 Å². The molecule has 2 aromatic carbocycles. The van der Waals surface area contributed by atoms with Gasteiger partial charge in [-0.1, -0.05) is 48.4 Å².